The second-order valence-corrected chi connectivity index (χ2v) is 12.1. The number of carbonyl (C=O) groups is 2. The number of aliphatic carboxylic acids is 1. The second-order valence-electron chi connectivity index (χ2n) is 11.2. The molecule has 2 unspecified atom stereocenters. The van der Waals surface area contributed by atoms with Crippen LogP contribution in [0.15, 0.2) is 71.0 Å². The molecule has 14 heteroatoms. The zero-order valence-electron chi connectivity index (χ0n) is 24.6. The molecule has 2 atom stereocenters. The Hall–Kier alpha value is -4.10. The Labute approximate surface area is 270 Å². The van der Waals surface area contributed by atoms with Crippen LogP contribution in [0.2, 0.25) is 5.02 Å². The standard InChI is InChI=1S/C31H36Cl2N8O4/c32-21-8-9-26(41(35)17-28(33)34)23(14-21)24-15-29(42)40(19-37-24)25-7-2-1-3-10-36-31(45)27-16-38(18-30(43)44)11-12-39(27)22-6-4-5-20(25)13-22/h4-6,8-9,13-15,17,19,25,27H,1-3,7,10-12,16,18,34-35H2,(H,36,45)(H,43,44)/b28-17-. The zero-order valence-corrected chi connectivity index (χ0v) is 26.1. The van der Waals surface area contributed by atoms with Crippen molar-refractivity contribution in [2.45, 2.75) is 37.8 Å². The topological polar surface area (TPSA) is 163 Å². The van der Waals surface area contributed by atoms with Crippen molar-refractivity contribution in [3.05, 3.63) is 87.2 Å². The number of nitrogens with two attached hydrogens (primary N) is 2. The minimum absolute atomic E-state index is 0.0178. The Balaban J connectivity index is 1.51. The molecule has 0 aliphatic carbocycles. The molecule has 1 fully saturated rings. The Bertz CT molecular complexity index is 1640. The summed E-state index contributed by atoms with van der Waals surface area (Å²) in [4.78, 5) is 46.9. The highest BCUT2D eigenvalue weighted by atomic mass is 35.5. The third-order valence-electron chi connectivity index (χ3n) is 8.11. The molecule has 6 N–H and O–H groups in total. The van der Waals surface area contributed by atoms with Gasteiger partial charge in [-0.25, -0.2) is 10.8 Å². The number of rotatable bonds is 6. The highest BCUT2D eigenvalue weighted by molar-refractivity contribution is 6.31. The van der Waals surface area contributed by atoms with Crippen LogP contribution in [0.4, 0.5) is 11.4 Å². The lowest BCUT2D eigenvalue weighted by Gasteiger charge is -2.41. The summed E-state index contributed by atoms with van der Waals surface area (Å²) >= 11 is 12.1. The van der Waals surface area contributed by atoms with Crippen molar-refractivity contribution in [3.63, 3.8) is 0 Å². The number of carbonyl (C=O) groups excluding carboxylic acids is 1. The number of hydrogen-bond donors (Lipinski definition) is 4. The summed E-state index contributed by atoms with van der Waals surface area (Å²) in [7, 11) is 0. The van der Waals surface area contributed by atoms with Crippen molar-refractivity contribution in [1.29, 1.82) is 0 Å². The third-order valence-corrected chi connectivity index (χ3v) is 8.45. The molecule has 0 saturated carbocycles. The fourth-order valence-electron chi connectivity index (χ4n) is 5.99. The lowest BCUT2D eigenvalue weighted by molar-refractivity contribution is -0.139. The number of halogens is 2. The van der Waals surface area contributed by atoms with E-state index < -0.39 is 12.0 Å². The van der Waals surface area contributed by atoms with Crippen molar-refractivity contribution in [2.75, 3.05) is 42.6 Å². The van der Waals surface area contributed by atoms with E-state index in [9.17, 15) is 19.5 Å². The predicted octanol–water partition coefficient (Wildman–Crippen LogP) is 3.10. The molecule has 45 heavy (non-hydrogen) atoms. The first-order chi connectivity index (χ1) is 21.6. The molecule has 2 aromatic carbocycles. The maximum absolute atomic E-state index is 13.8. The maximum atomic E-state index is 13.8. The van der Waals surface area contributed by atoms with Crippen LogP contribution in [-0.2, 0) is 9.59 Å². The molecule has 238 valence electrons. The summed E-state index contributed by atoms with van der Waals surface area (Å²) in [6.07, 6.45) is 6.03. The maximum Gasteiger partial charge on any atom is 0.317 e. The van der Waals surface area contributed by atoms with Gasteiger partial charge in [-0.15, -0.1) is 0 Å². The van der Waals surface area contributed by atoms with Gasteiger partial charge in [-0.3, -0.25) is 28.9 Å². The Morgan fingerprint density at radius 2 is 1.93 bits per heavy atom. The highest BCUT2D eigenvalue weighted by Crippen LogP contribution is 2.33. The molecule has 0 radical (unpaired) electrons. The van der Waals surface area contributed by atoms with Crippen LogP contribution in [0.1, 0.15) is 37.3 Å². The van der Waals surface area contributed by atoms with Gasteiger partial charge in [0.2, 0.25) is 5.91 Å². The number of benzene rings is 2. The van der Waals surface area contributed by atoms with Crippen LogP contribution in [-0.4, -0.2) is 70.2 Å². The van der Waals surface area contributed by atoms with Crippen molar-refractivity contribution in [2.24, 2.45) is 11.6 Å². The highest BCUT2D eigenvalue weighted by Gasteiger charge is 2.33. The number of piperazine rings is 1. The molecule has 1 saturated heterocycles. The first-order valence-corrected chi connectivity index (χ1v) is 15.5. The smallest absolute Gasteiger partial charge is 0.317 e. The molecule has 2 aliphatic heterocycles. The normalized spacial score (nSPS) is 19.8. The van der Waals surface area contributed by atoms with E-state index in [4.69, 9.17) is 34.8 Å². The van der Waals surface area contributed by atoms with Crippen molar-refractivity contribution < 1.29 is 14.7 Å². The molecule has 0 spiro atoms. The molecule has 3 heterocycles. The molecule has 5 rings (SSSR count). The van der Waals surface area contributed by atoms with E-state index in [-0.39, 0.29) is 29.2 Å². The number of fused-ring (bicyclic) bond motifs is 4. The monoisotopic (exact) mass is 654 g/mol. The summed E-state index contributed by atoms with van der Waals surface area (Å²) in [5.74, 6) is 5.12. The van der Waals surface area contributed by atoms with E-state index in [2.05, 4.69) is 10.3 Å². The first kappa shape index (κ1) is 32.3. The SMILES string of the molecule is N/C(Cl)=C\N(N)c1ccc(Cl)cc1-c1cc(=O)n(C2CCCCCNC(=O)C3CN(CC(=O)O)CCN3c3cccc2c3)cn1. The van der Waals surface area contributed by atoms with Gasteiger partial charge in [0.1, 0.15) is 11.2 Å². The summed E-state index contributed by atoms with van der Waals surface area (Å²) in [6.45, 7) is 1.69. The third kappa shape index (κ3) is 7.77. The van der Waals surface area contributed by atoms with Gasteiger partial charge >= 0.3 is 5.97 Å². The van der Waals surface area contributed by atoms with E-state index >= 15 is 0 Å². The molecule has 1 aromatic heterocycles. The number of hydrazine groups is 1. The number of hydrogen-bond acceptors (Lipinski definition) is 9. The molecule has 2 aliphatic rings. The number of carboxylic acid groups (broad SMARTS) is 1. The van der Waals surface area contributed by atoms with Gasteiger partial charge in [0.15, 0.2) is 0 Å². The Kier molecular flexibility index (Phi) is 10.3. The number of amides is 1. The average molecular weight is 656 g/mol. The van der Waals surface area contributed by atoms with Crippen LogP contribution in [0.25, 0.3) is 11.3 Å². The van der Waals surface area contributed by atoms with Gasteiger partial charge in [0.25, 0.3) is 5.56 Å². The summed E-state index contributed by atoms with van der Waals surface area (Å²) in [5.41, 5.74) is 8.52. The number of nitrogens with one attached hydrogen (secondary N) is 1. The lowest BCUT2D eigenvalue weighted by atomic mass is 9.98. The van der Waals surface area contributed by atoms with Crippen molar-refractivity contribution in [1.82, 2.24) is 19.8 Å². The van der Waals surface area contributed by atoms with Crippen molar-refractivity contribution >= 4 is 46.5 Å². The second kappa shape index (κ2) is 14.3. The van der Waals surface area contributed by atoms with E-state index in [1.54, 1.807) is 34.0 Å². The molecule has 1 amide bonds. The van der Waals surface area contributed by atoms with Gasteiger partial charge in [-0.2, -0.15) is 0 Å². The summed E-state index contributed by atoms with van der Waals surface area (Å²) < 4.78 is 1.63. The van der Waals surface area contributed by atoms with E-state index in [1.165, 1.54) is 17.3 Å². The lowest BCUT2D eigenvalue weighted by Crippen LogP contribution is -2.60. The van der Waals surface area contributed by atoms with Gasteiger partial charge in [-0.05, 0) is 48.7 Å². The summed E-state index contributed by atoms with van der Waals surface area (Å²) in [5, 5.41) is 14.0. The minimum Gasteiger partial charge on any atom is -0.480 e. The number of anilines is 2. The largest absolute Gasteiger partial charge is 0.480 e. The van der Waals surface area contributed by atoms with Crippen LogP contribution in [0.3, 0.4) is 0 Å². The first-order valence-electron chi connectivity index (χ1n) is 14.7. The molecule has 3 aromatic rings. The van der Waals surface area contributed by atoms with E-state index in [0.717, 1.165) is 30.5 Å². The summed E-state index contributed by atoms with van der Waals surface area (Å²) in [6, 6.07) is 13.5. The predicted molar refractivity (Wildman–Crippen MR) is 175 cm³/mol. The van der Waals surface area contributed by atoms with Crippen LogP contribution in [0.5, 0.6) is 0 Å². The number of carboxylic acids is 1. The van der Waals surface area contributed by atoms with Gasteiger partial charge < -0.3 is 21.1 Å². The molecular weight excluding hydrogens is 619 g/mol. The van der Waals surface area contributed by atoms with Crippen LogP contribution >= 0.6 is 23.2 Å². The molecule has 12 nitrogen and oxygen atoms in total. The fraction of sp³-hybridized carbons (Fsp3) is 0.355. The van der Waals surface area contributed by atoms with Gasteiger partial charge in [0.05, 0.1) is 36.5 Å². The van der Waals surface area contributed by atoms with E-state index in [0.29, 0.717) is 54.6 Å². The zero-order chi connectivity index (χ0) is 32.1. The van der Waals surface area contributed by atoms with Gasteiger partial charge in [-0.1, -0.05) is 48.2 Å². The fourth-order valence-corrected chi connectivity index (χ4v) is 6.26. The van der Waals surface area contributed by atoms with Gasteiger partial charge in [0, 0.05) is 48.5 Å². The van der Waals surface area contributed by atoms with Crippen LogP contribution < -0.4 is 32.4 Å². The quantitative estimate of drug-likeness (QED) is 0.176. The molecular formula is C31H36Cl2N8O4. The Morgan fingerprint density at radius 1 is 1.11 bits per heavy atom. The number of nitrogens with zero attached hydrogens (tertiary/aromatic N) is 5. The number of aromatic nitrogens is 2. The van der Waals surface area contributed by atoms with Crippen LogP contribution in [0, 0.1) is 0 Å². The Morgan fingerprint density at radius 3 is 2.69 bits per heavy atom. The minimum atomic E-state index is -0.924. The molecule has 2 bridgehead atoms. The van der Waals surface area contributed by atoms with Crippen molar-refractivity contribution in [3.8, 4) is 11.3 Å². The average Bonchev–Trinajstić information content (AvgIpc) is 3.00. The van der Waals surface area contributed by atoms with E-state index in [1.807, 2.05) is 29.2 Å².